The van der Waals surface area contributed by atoms with Gasteiger partial charge in [-0.05, 0) is 29.7 Å². The molecule has 0 fully saturated rings. The summed E-state index contributed by atoms with van der Waals surface area (Å²) in [6, 6.07) is 19.4. The van der Waals surface area contributed by atoms with Crippen LogP contribution in [-0.2, 0) is 0 Å². The van der Waals surface area contributed by atoms with Crippen LogP contribution in [0.5, 0.6) is 0 Å². The molecule has 30 heavy (non-hydrogen) atoms. The quantitative estimate of drug-likeness (QED) is 0.339. The van der Waals surface area contributed by atoms with Gasteiger partial charge in [-0.25, -0.2) is 4.98 Å². The van der Waals surface area contributed by atoms with Gasteiger partial charge in [0.05, 0.1) is 32.7 Å². The lowest BCUT2D eigenvalue weighted by molar-refractivity contribution is 0.102. The Balaban J connectivity index is 1.64. The number of nitrogens with one attached hydrogen (secondary N) is 2. The second-order valence-electron chi connectivity index (χ2n) is 6.97. The zero-order valence-electron chi connectivity index (χ0n) is 15.6. The Labute approximate surface area is 176 Å². The average molecular weight is 416 g/mol. The number of carbonyl (C=O) groups excluding carboxylic acids is 1. The topological polar surface area (TPSA) is 98.2 Å². The number of H-pyrrole nitrogens is 1. The number of fused-ring (bicyclic) bond motifs is 4. The number of amides is 1. The van der Waals surface area contributed by atoms with Crippen LogP contribution in [0.25, 0.3) is 32.8 Å². The molecular formula is C22H15BClN3O3. The summed E-state index contributed by atoms with van der Waals surface area (Å²) in [6.45, 7) is 0. The van der Waals surface area contributed by atoms with E-state index in [2.05, 4.69) is 10.3 Å². The smallest absolute Gasteiger partial charge is 0.423 e. The van der Waals surface area contributed by atoms with Crippen molar-refractivity contribution in [3.63, 3.8) is 0 Å². The predicted molar refractivity (Wildman–Crippen MR) is 120 cm³/mol. The monoisotopic (exact) mass is 415 g/mol. The van der Waals surface area contributed by atoms with Gasteiger partial charge < -0.3 is 20.3 Å². The van der Waals surface area contributed by atoms with Crippen LogP contribution >= 0.6 is 11.6 Å². The highest BCUT2D eigenvalue weighted by Gasteiger charge is 2.18. The molecule has 146 valence electrons. The van der Waals surface area contributed by atoms with Crippen molar-refractivity contribution in [2.24, 2.45) is 0 Å². The van der Waals surface area contributed by atoms with Crippen LogP contribution in [0, 0.1) is 0 Å². The summed E-state index contributed by atoms with van der Waals surface area (Å²) in [5, 5.41) is 23.7. The molecule has 2 aromatic heterocycles. The lowest BCUT2D eigenvalue weighted by Crippen LogP contribution is -2.30. The second-order valence-corrected chi connectivity index (χ2v) is 7.35. The zero-order chi connectivity index (χ0) is 20.8. The van der Waals surface area contributed by atoms with Gasteiger partial charge in [0.2, 0.25) is 0 Å². The Morgan fingerprint density at radius 2 is 1.73 bits per heavy atom. The summed E-state index contributed by atoms with van der Waals surface area (Å²) in [5.74, 6) is -0.336. The lowest BCUT2D eigenvalue weighted by atomic mass is 9.80. The van der Waals surface area contributed by atoms with E-state index in [0.717, 1.165) is 16.3 Å². The zero-order valence-corrected chi connectivity index (χ0v) is 16.3. The molecule has 0 spiro atoms. The number of aromatic nitrogens is 2. The summed E-state index contributed by atoms with van der Waals surface area (Å²) in [4.78, 5) is 21.0. The molecule has 4 N–H and O–H groups in total. The van der Waals surface area contributed by atoms with Gasteiger partial charge in [-0.2, -0.15) is 0 Å². The SMILES string of the molecule is O=C(Nc1cccc(B(O)O)c1)c1cccc2c1[nH]c1c(Cl)c3ccccc3nc12. The molecule has 0 unspecified atom stereocenters. The number of hydrogen-bond acceptors (Lipinski definition) is 4. The van der Waals surface area contributed by atoms with E-state index in [1.165, 1.54) is 6.07 Å². The largest absolute Gasteiger partial charge is 0.488 e. The molecule has 8 heteroatoms. The fraction of sp³-hybridized carbons (Fsp3) is 0. The lowest BCUT2D eigenvalue weighted by Gasteiger charge is -2.08. The number of benzene rings is 3. The molecule has 0 aliphatic carbocycles. The Morgan fingerprint density at radius 1 is 0.967 bits per heavy atom. The maximum atomic E-state index is 13.0. The number of nitrogens with zero attached hydrogens (tertiary/aromatic N) is 1. The van der Waals surface area contributed by atoms with Crippen molar-refractivity contribution >= 4 is 68.6 Å². The van der Waals surface area contributed by atoms with Gasteiger partial charge in [-0.15, -0.1) is 0 Å². The Kier molecular flexibility index (Phi) is 4.44. The molecule has 0 aliphatic rings. The van der Waals surface area contributed by atoms with Crippen LogP contribution < -0.4 is 10.8 Å². The van der Waals surface area contributed by atoms with E-state index in [1.54, 1.807) is 30.3 Å². The molecule has 0 radical (unpaired) electrons. The number of para-hydroxylation sites is 2. The van der Waals surface area contributed by atoms with Crippen molar-refractivity contribution in [3.8, 4) is 0 Å². The molecule has 1 amide bonds. The van der Waals surface area contributed by atoms with Gasteiger partial charge in [0.15, 0.2) is 0 Å². The predicted octanol–water partition coefficient (Wildman–Crippen LogP) is 3.45. The summed E-state index contributed by atoms with van der Waals surface area (Å²) < 4.78 is 0. The van der Waals surface area contributed by atoms with Crippen LogP contribution in [0.1, 0.15) is 10.4 Å². The van der Waals surface area contributed by atoms with Crippen molar-refractivity contribution in [2.75, 3.05) is 5.32 Å². The van der Waals surface area contributed by atoms with Gasteiger partial charge in [-0.1, -0.05) is 54.1 Å². The third-order valence-electron chi connectivity index (χ3n) is 5.09. The van der Waals surface area contributed by atoms with Crippen LogP contribution in [0.3, 0.4) is 0 Å². The highest BCUT2D eigenvalue weighted by atomic mass is 35.5. The maximum absolute atomic E-state index is 13.0. The molecule has 5 aromatic rings. The molecule has 0 saturated carbocycles. The first kappa shape index (κ1) is 18.6. The van der Waals surface area contributed by atoms with Crippen molar-refractivity contribution < 1.29 is 14.8 Å². The molecule has 0 saturated heterocycles. The number of rotatable bonds is 3. The minimum absolute atomic E-state index is 0.291. The summed E-state index contributed by atoms with van der Waals surface area (Å²) in [5.41, 5.74) is 3.98. The first-order valence-electron chi connectivity index (χ1n) is 9.29. The van der Waals surface area contributed by atoms with E-state index in [0.29, 0.717) is 38.3 Å². The molecular weight excluding hydrogens is 401 g/mol. The van der Waals surface area contributed by atoms with E-state index >= 15 is 0 Å². The van der Waals surface area contributed by atoms with Crippen LogP contribution in [0.15, 0.2) is 66.7 Å². The van der Waals surface area contributed by atoms with Crippen LogP contribution in [0.2, 0.25) is 5.02 Å². The summed E-state index contributed by atoms with van der Waals surface area (Å²) >= 11 is 6.64. The first-order chi connectivity index (χ1) is 14.5. The van der Waals surface area contributed by atoms with E-state index < -0.39 is 7.12 Å². The standard InChI is InChI=1S/C22H15BClN3O3/c24-18-14-7-1-2-10-17(14)26-20-15-8-4-9-16(19(15)27-21(18)20)22(28)25-13-6-3-5-12(11-13)23(29)30/h1-11,27,29-30H,(H,25,28). The van der Waals surface area contributed by atoms with Gasteiger partial charge in [-0.3, -0.25) is 4.79 Å². The molecule has 0 bridgehead atoms. The molecule has 0 atom stereocenters. The highest BCUT2D eigenvalue weighted by Crippen LogP contribution is 2.35. The van der Waals surface area contributed by atoms with E-state index in [4.69, 9.17) is 16.6 Å². The third-order valence-corrected chi connectivity index (χ3v) is 5.48. The number of pyridine rings is 1. The molecule has 6 nitrogen and oxygen atoms in total. The van der Waals surface area contributed by atoms with Crippen molar-refractivity contribution in [1.82, 2.24) is 9.97 Å². The molecule has 5 rings (SSSR count). The van der Waals surface area contributed by atoms with Crippen molar-refractivity contribution in [3.05, 3.63) is 77.3 Å². The van der Waals surface area contributed by atoms with E-state index in [9.17, 15) is 14.8 Å². The Hall–Kier alpha value is -3.39. The first-order valence-corrected chi connectivity index (χ1v) is 9.67. The van der Waals surface area contributed by atoms with Crippen molar-refractivity contribution in [1.29, 1.82) is 0 Å². The normalized spacial score (nSPS) is 11.3. The Bertz CT molecular complexity index is 1450. The molecule has 2 heterocycles. The van der Waals surface area contributed by atoms with Gasteiger partial charge in [0.25, 0.3) is 5.91 Å². The van der Waals surface area contributed by atoms with Crippen molar-refractivity contribution in [2.45, 2.75) is 0 Å². The highest BCUT2D eigenvalue weighted by molar-refractivity contribution is 6.58. The molecule has 3 aromatic carbocycles. The van der Waals surface area contributed by atoms with Gasteiger partial charge >= 0.3 is 7.12 Å². The van der Waals surface area contributed by atoms with Crippen LogP contribution in [0.4, 0.5) is 5.69 Å². The van der Waals surface area contributed by atoms with Gasteiger partial charge in [0.1, 0.15) is 0 Å². The van der Waals surface area contributed by atoms with Gasteiger partial charge in [0, 0.05) is 16.5 Å². The number of aromatic amines is 1. The fourth-order valence-corrected chi connectivity index (χ4v) is 3.95. The third kappa shape index (κ3) is 3.00. The summed E-state index contributed by atoms with van der Waals surface area (Å²) in [7, 11) is -1.61. The van der Waals surface area contributed by atoms with E-state index in [-0.39, 0.29) is 5.91 Å². The number of halogens is 1. The minimum Gasteiger partial charge on any atom is -0.423 e. The Morgan fingerprint density at radius 3 is 2.57 bits per heavy atom. The molecule has 0 aliphatic heterocycles. The average Bonchev–Trinajstić information content (AvgIpc) is 3.13. The number of hydrogen-bond donors (Lipinski definition) is 4. The minimum atomic E-state index is -1.61. The fourth-order valence-electron chi connectivity index (χ4n) is 3.65. The maximum Gasteiger partial charge on any atom is 0.488 e. The number of anilines is 1. The van der Waals surface area contributed by atoms with E-state index in [1.807, 2.05) is 30.3 Å². The number of carbonyl (C=O) groups is 1. The summed E-state index contributed by atoms with van der Waals surface area (Å²) in [6.07, 6.45) is 0. The second kappa shape index (κ2) is 7.14. The van der Waals surface area contributed by atoms with Crippen LogP contribution in [-0.4, -0.2) is 33.0 Å².